The van der Waals surface area contributed by atoms with E-state index in [2.05, 4.69) is 50.2 Å². The third-order valence-corrected chi connectivity index (χ3v) is 7.95. The van der Waals surface area contributed by atoms with E-state index in [0.29, 0.717) is 34.0 Å². The van der Waals surface area contributed by atoms with Crippen LogP contribution in [0.5, 0.6) is 0 Å². The molecule has 186 valence electrons. The Kier molecular flexibility index (Phi) is 5.39. The summed E-state index contributed by atoms with van der Waals surface area (Å²) in [6.45, 7) is 9.08. The molecule has 7 nitrogen and oxygen atoms in total. The topological polar surface area (TPSA) is 91.1 Å². The van der Waals surface area contributed by atoms with Crippen LogP contribution in [-0.4, -0.2) is 47.6 Å². The molecule has 0 bridgehead atoms. The summed E-state index contributed by atoms with van der Waals surface area (Å²) in [5.74, 6) is 0.877. The van der Waals surface area contributed by atoms with Crippen LogP contribution in [0.2, 0.25) is 0 Å². The van der Waals surface area contributed by atoms with Gasteiger partial charge in [0, 0.05) is 54.6 Å². The molecule has 3 aromatic rings. The second kappa shape index (κ2) is 8.50. The highest BCUT2D eigenvalue weighted by molar-refractivity contribution is 5.98. The van der Waals surface area contributed by atoms with Gasteiger partial charge in [-0.2, -0.15) is 0 Å². The standard InChI is InChI=1S/C28H32FN7/c1-4-23(34-18-10-28(11-18)14-36(3)15-28)35-24-9-17-8-19(25(29)26(30)21(17)13-33-24)20-12-32-22-6-5-7-31-27(22)16(20)2/h8-9,12-13,18,31,34H,1,5-7,10-11,14-15,30H2,2-3H3,(H,33,35). The summed E-state index contributed by atoms with van der Waals surface area (Å²) in [7, 11) is 2.17. The van der Waals surface area contributed by atoms with Gasteiger partial charge in [-0.15, -0.1) is 0 Å². The van der Waals surface area contributed by atoms with Crippen molar-refractivity contribution in [2.24, 2.45) is 5.41 Å². The summed E-state index contributed by atoms with van der Waals surface area (Å²) in [6.07, 6.45) is 7.66. The number of nitrogen functional groups attached to an aromatic ring is 1. The fraction of sp³-hybridized carbons (Fsp3) is 0.393. The van der Waals surface area contributed by atoms with Crippen molar-refractivity contribution < 1.29 is 4.39 Å². The number of likely N-dealkylation sites (tertiary alicyclic amines) is 1. The van der Waals surface area contributed by atoms with Gasteiger partial charge in [-0.3, -0.25) is 4.98 Å². The van der Waals surface area contributed by atoms with Gasteiger partial charge in [0.15, 0.2) is 5.82 Å². The van der Waals surface area contributed by atoms with E-state index < -0.39 is 5.82 Å². The molecule has 36 heavy (non-hydrogen) atoms. The van der Waals surface area contributed by atoms with E-state index in [0.717, 1.165) is 60.1 Å². The van der Waals surface area contributed by atoms with Crippen LogP contribution in [0.25, 0.3) is 21.9 Å². The minimum atomic E-state index is -0.445. The monoisotopic (exact) mass is 485 g/mol. The molecule has 8 heteroatoms. The summed E-state index contributed by atoms with van der Waals surface area (Å²) >= 11 is 0. The molecular weight excluding hydrogens is 453 g/mol. The van der Waals surface area contributed by atoms with Crippen molar-refractivity contribution in [3.63, 3.8) is 0 Å². The Labute approximate surface area is 210 Å². The zero-order valence-electron chi connectivity index (χ0n) is 20.8. The number of nitrogens with one attached hydrogen (secondary N) is 3. The number of aryl methyl sites for hydroxylation is 1. The molecule has 2 fully saturated rings. The summed E-state index contributed by atoms with van der Waals surface area (Å²) < 4.78 is 15.5. The first kappa shape index (κ1) is 22.8. The SMILES string of the molecule is C=C=C(Nc1cc2cc(-c3cnc4c(c3C)NCCC4)c(F)c(N)c2cn1)NC1CC2(C1)CN(C)C2. The first-order valence-corrected chi connectivity index (χ1v) is 12.6. The van der Waals surface area contributed by atoms with Gasteiger partial charge in [0.2, 0.25) is 0 Å². The molecule has 2 aliphatic heterocycles. The number of pyridine rings is 2. The molecule has 0 unspecified atom stereocenters. The lowest BCUT2D eigenvalue weighted by molar-refractivity contribution is -0.0625. The average molecular weight is 486 g/mol. The maximum absolute atomic E-state index is 15.5. The number of nitrogens with zero attached hydrogens (tertiary/aromatic N) is 3. The molecule has 0 amide bonds. The van der Waals surface area contributed by atoms with Crippen LogP contribution in [0.15, 0.2) is 42.7 Å². The molecule has 1 spiro atoms. The van der Waals surface area contributed by atoms with Gasteiger partial charge in [-0.25, -0.2) is 9.37 Å². The van der Waals surface area contributed by atoms with E-state index in [1.165, 1.54) is 13.1 Å². The molecule has 1 saturated heterocycles. The normalized spacial score (nSPS) is 18.5. The van der Waals surface area contributed by atoms with Crippen LogP contribution in [0.1, 0.15) is 30.5 Å². The Morgan fingerprint density at radius 2 is 2.06 bits per heavy atom. The quantitative estimate of drug-likeness (QED) is 0.314. The van der Waals surface area contributed by atoms with Crippen molar-refractivity contribution in [3.8, 4) is 11.1 Å². The lowest BCUT2D eigenvalue weighted by Gasteiger charge is -2.58. The van der Waals surface area contributed by atoms with Crippen molar-refractivity contribution in [3.05, 3.63) is 59.7 Å². The molecule has 6 rings (SSSR count). The molecule has 1 aromatic carbocycles. The lowest BCUT2D eigenvalue weighted by Crippen LogP contribution is -2.64. The number of hydrogen-bond donors (Lipinski definition) is 4. The fourth-order valence-electron chi connectivity index (χ4n) is 6.29. The summed E-state index contributed by atoms with van der Waals surface area (Å²) in [5.41, 5.74) is 14.0. The predicted octanol–water partition coefficient (Wildman–Crippen LogP) is 4.41. The van der Waals surface area contributed by atoms with Crippen LogP contribution in [0.4, 0.5) is 21.6 Å². The minimum absolute atomic E-state index is 0.0921. The van der Waals surface area contributed by atoms with Gasteiger partial charge in [-0.05, 0) is 68.2 Å². The van der Waals surface area contributed by atoms with Crippen molar-refractivity contribution >= 4 is 28.0 Å². The zero-order chi connectivity index (χ0) is 25.0. The Morgan fingerprint density at radius 3 is 2.81 bits per heavy atom. The first-order chi connectivity index (χ1) is 17.4. The molecule has 5 N–H and O–H groups in total. The molecule has 3 aliphatic rings. The number of hydrogen-bond acceptors (Lipinski definition) is 7. The van der Waals surface area contributed by atoms with Crippen molar-refractivity contribution in [2.75, 3.05) is 43.0 Å². The second-order valence-corrected chi connectivity index (χ2v) is 10.7. The van der Waals surface area contributed by atoms with Gasteiger partial charge in [0.25, 0.3) is 0 Å². The number of halogens is 1. The van der Waals surface area contributed by atoms with Crippen LogP contribution in [0, 0.1) is 18.2 Å². The Hall–Kier alpha value is -3.61. The van der Waals surface area contributed by atoms with Gasteiger partial charge >= 0.3 is 0 Å². The zero-order valence-corrected chi connectivity index (χ0v) is 20.8. The Bertz CT molecular complexity index is 1410. The predicted molar refractivity (Wildman–Crippen MR) is 143 cm³/mol. The molecule has 0 radical (unpaired) electrons. The summed E-state index contributed by atoms with van der Waals surface area (Å²) in [6, 6.07) is 4.12. The highest BCUT2D eigenvalue weighted by Gasteiger charge is 2.51. The van der Waals surface area contributed by atoms with Gasteiger partial charge in [0.05, 0.1) is 17.1 Å². The molecule has 0 atom stereocenters. The van der Waals surface area contributed by atoms with Crippen LogP contribution in [0.3, 0.4) is 0 Å². The van der Waals surface area contributed by atoms with E-state index in [9.17, 15) is 0 Å². The maximum atomic E-state index is 15.5. The molecule has 1 saturated carbocycles. The first-order valence-electron chi connectivity index (χ1n) is 12.6. The number of benzene rings is 1. The summed E-state index contributed by atoms with van der Waals surface area (Å²) in [4.78, 5) is 11.5. The number of nitrogens with two attached hydrogens (primary N) is 1. The molecular formula is C28H32FN7. The summed E-state index contributed by atoms with van der Waals surface area (Å²) in [5, 5.41) is 11.6. The van der Waals surface area contributed by atoms with E-state index in [-0.39, 0.29) is 5.69 Å². The molecule has 1 aliphatic carbocycles. The number of rotatable bonds is 5. The van der Waals surface area contributed by atoms with E-state index in [1.807, 2.05) is 19.1 Å². The number of anilines is 3. The van der Waals surface area contributed by atoms with Gasteiger partial charge in [0.1, 0.15) is 11.6 Å². The Morgan fingerprint density at radius 1 is 1.25 bits per heavy atom. The largest absolute Gasteiger partial charge is 0.396 e. The van der Waals surface area contributed by atoms with E-state index in [1.54, 1.807) is 12.4 Å². The third kappa shape index (κ3) is 3.77. The second-order valence-electron chi connectivity index (χ2n) is 10.7. The Balaban J connectivity index is 1.27. The fourth-order valence-corrected chi connectivity index (χ4v) is 6.29. The highest BCUT2D eigenvalue weighted by Crippen LogP contribution is 2.48. The third-order valence-electron chi connectivity index (χ3n) is 7.95. The van der Waals surface area contributed by atoms with Crippen molar-refractivity contribution in [1.82, 2.24) is 20.2 Å². The highest BCUT2D eigenvalue weighted by atomic mass is 19.1. The number of fused-ring (bicyclic) bond motifs is 2. The van der Waals surface area contributed by atoms with Gasteiger partial charge < -0.3 is 26.6 Å². The molecule has 2 aromatic heterocycles. The maximum Gasteiger partial charge on any atom is 0.154 e. The van der Waals surface area contributed by atoms with E-state index >= 15 is 4.39 Å². The van der Waals surface area contributed by atoms with Gasteiger partial charge in [-0.1, -0.05) is 12.3 Å². The smallest absolute Gasteiger partial charge is 0.154 e. The molecule has 4 heterocycles. The minimum Gasteiger partial charge on any atom is -0.396 e. The van der Waals surface area contributed by atoms with Crippen molar-refractivity contribution in [2.45, 2.75) is 38.6 Å². The van der Waals surface area contributed by atoms with Crippen LogP contribution < -0.4 is 21.7 Å². The average Bonchev–Trinajstić information content (AvgIpc) is 2.84. The number of aromatic nitrogens is 2. The van der Waals surface area contributed by atoms with Crippen molar-refractivity contribution in [1.29, 1.82) is 0 Å². The van der Waals surface area contributed by atoms with Crippen LogP contribution in [-0.2, 0) is 6.42 Å². The van der Waals surface area contributed by atoms with E-state index in [4.69, 9.17) is 5.73 Å². The lowest BCUT2D eigenvalue weighted by atomic mass is 9.61. The van der Waals surface area contributed by atoms with Crippen LogP contribution >= 0.6 is 0 Å².